The number of nitrogens with one attached hydrogen (secondary N) is 1. The van der Waals surface area contributed by atoms with Gasteiger partial charge in [-0.1, -0.05) is 25.0 Å². The number of rotatable bonds is 5. The molecular formula is C21H26N2O2S. The number of benzene rings is 2. The van der Waals surface area contributed by atoms with Gasteiger partial charge in [-0.2, -0.15) is 0 Å². The van der Waals surface area contributed by atoms with Crippen LogP contribution in [0.5, 0.6) is 0 Å². The molecule has 2 aromatic rings. The Labute approximate surface area is 158 Å². The molecule has 3 rings (SSSR count). The van der Waals surface area contributed by atoms with Gasteiger partial charge in [0.15, 0.2) is 0 Å². The maximum absolute atomic E-state index is 12.5. The summed E-state index contributed by atoms with van der Waals surface area (Å²) in [5.41, 5.74) is 3.51. The number of nitrogens with zero attached hydrogens (tertiary/aromatic N) is 1. The van der Waals surface area contributed by atoms with Crippen molar-refractivity contribution in [3.05, 3.63) is 59.7 Å². The molecule has 1 atom stereocenters. The van der Waals surface area contributed by atoms with E-state index in [1.807, 2.05) is 30.3 Å². The van der Waals surface area contributed by atoms with Crippen LogP contribution in [0.4, 0.5) is 11.4 Å². The standard InChI is InChI=1S/C21H26N2O2S/c1-26(25)16-17-7-6-8-18(15-17)21(24)22-19-9-11-20(12-10-19)23-13-4-2-3-5-14-23/h6-12,15H,2-5,13-14,16H2,1H3,(H,22,24)/t26-/m1/s1. The Morgan fingerprint density at radius 1 is 1.04 bits per heavy atom. The Kier molecular flexibility index (Phi) is 6.45. The van der Waals surface area contributed by atoms with Gasteiger partial charge in [-0.05, 0) is 54.8 Å². The number of amides is 1. The normalized spacial score (nSPS) is 16.0. The minimum atomic E-state index is -0.919. The Morgan fingerprint density at radius 2 is 1.73 bits per heavy atom. The highest BCUT2D eigenvalue weighted by Crippen LogP contribution is 2.22. The third-order valence-corrected chi connectivity index (χ3v) is 5.40. The summed E-state index contributed by atoms with van der Waals surface area (Å²) in [5, 5.41) is 2.95. The minimum Gasteiger partial charge on any atom is -0.372 e. The van der Waals surface area contributed by atoms with E-state index < -0.39 is 10.8 Å². The number of carbonyl (C=O) groups is 1. The summed E-state index contributed by atoms with van der Waals surface area (Å²) in [6.45, 7) is 2.22. The molecule has 4 nitrogen and oxygen atoms in total. The van der Waals surface area contributed by atoms with Crippen molar-refractivity contribution in [2.75, 3.05) is 29.6 Å². The Hall–Kier alpha value is -2.14. The predicted molar refractivity (Wildman–Crippen MR) is 109 cm³/mol. The lowest BCUT2D eigenvalue weighted by Crippen LogP contribution is -2.23. The van der Waals surface area contributed by atoms with Crippen molar-refractivity contribution < 1.29 is 9.00 Å². The van der Waals surface area contributed by atoms with Gasteiger partial charge in [0.05, 0.1) is 0 Å². The van der Waals surface area contributed by atoms with Crippen molar-refractivity contribution in [3.63, 3.8) is 0 Å². The van der Waals surface area contributed by atoms with E-state index in [0.29, 0.717) is 11.3 Å². The minimum absolute atomic E-state index is 0.142. The van der Waals surface area contributed by atoms with Gasteiger partial charge in [0.2, 0.25) is 0 Å². The quantitative estimate of drug-likeness (QED) is 0.858. The molecule has 2 aromatic carbocycles. The van der Waals surface area contributed by atoms with Gasteiger partial charge in [-0.3, -0.25) is 9.00 Å². The molecule has 1 amide bonds. The first-order valence-corrected chi connectivity index (χ1v) is 10.9. The monoisotopic (exact) mass is 370 g/mol. The zero-order chi connectivity index (χ0) is 18.4. The molecule has 1 aliphatic rings. The number of hydrogen-bond acceptors (Lipinski definition) is 3. The van der Waals surface area contributed by atoms with E-state index in [9.17, 15) is 9.00 Å². The summed E-state index contributed by atoms with van der Waals surface area (Å²) in [6.07, 6.45) is 6.79. The van der Waals surface area contributed by atoms with Gasteiger partial charge in [-0.15, -0.1) is 0 Å². The fourth-order valence-corrected chi connectivity index (χ4v) is 3.97. The van der Waals surface area contributed by atoms with Gasteiger partial charge in [0.1, 0.15) is 0 Å². The summed E-state index contributed by atoms with van der Waals surface area (Å²) in [7, 11) is -0.919. The largest absolute Gasteiger partial charge is 0.372 e. The van der Waals surface area contributed by atoms with Crippen molar-refractivity contribution in [1.29, 1.82) is 0 Å². The topological polar surface area (TPSA) is 49.4 Å². The third-order valence-electron chi connectivity index (χ3n) is 4.66. The van der Waals surface area contributed by atoms with E-state index in [0.717, 1.165) is 24.3 Å². The highest BCUT2D eigenvalue weighted by Gasteiger charge is 2.11. The first kappa shape index (κ1) is 18.6. The summed E-state index contributed by atoms with van der Waals surface area (Å²) < 4.78 is 11.4. The van der Waals surface area contributed by atoms with Crippen LogP contribution in [-0.2, 0) is 16.6 Å². The first-order valence-electron chi connectivity index (χ1n) is 9.17. The molecule has 1 heterocycles. The molecule has 138 valence electrons. The third kappa shape index (κ3) is 5.18. The van der Waals surface area contributed by atoms with Crippen LogP contribution in [0.2, 0.25) is 0 Å². The molecule has 0 spiro atoms. The van der Waals surface area contributed by atoms with Crippen molar-refractivity contribution in [2.45, 2.75) is 31.4 Å². The molecule has 0 saturated carbocycles. The second kappa shape index (κ2) is 8.99. The number of hydrogen-bond donors (Lipinski definition) is 1. The predicted octanol–water partition coefficient (Wildman–Crippen LogP) is 4.20. The van der Waals surface area contributed by atoms with Crippen LogP contribution in [-0.4, -0.2) is 29.5 Å². The van der Waals surface area contributed by atoms with E-state index >= 15 is 0 Å². The van der Waals surface area contributed by atoms with Crippen LogP contribution in [0.25, 0.3) is 0 Å². The highest BCUT2D eigenvalue weighted by atomic mass is 32.2. The molecule has 0 unspecified atom stereocenters. The van der Waals surface area contributed by atoms with E-state index in [4.69, 9.17) is 0 Å². The molecule has 1 fully saturated rings. The van der Waals surface area contributed by atoms with Crippen LogP contribution in [0.15, 0.2) is 48.5 Å². The van der Waals surface area contributed by atoms with E-state index in [1.54, 1.807) is 12.3 Å². The molecule has 0 radical (unpaired) electrons. The maximum Gasteiger partial charge on any atom is 0.255 e. The van der Waals surface area contributed by atoms with Crippen molar-refractivity contribution in [1.82, 2.24) is 0 Å². The van der Waals surface area contributed by atoms with E-state index in [2.05, 4.69) is 22.3 Å². The molecule has 0 aromatic heterocycles. The van der Waals surface area contributed by atoms with Crippen LogP contribution < -0.4 is 10.2 Å². The van der Waals surface area contributed by atoms with E-state index in [1.165, 1.54) is 31.4 Å². The van der Waals surface area contributed by atoms with Crippen LogP contribution in [0.1, 0.15) is 41.6 Å². The lowest BCUT2D eigenvalue weighted by molar-refractivity contribution is 0.102. The van der Waals surface area contributed by atoms with Crippen molar-refractivity contribution in [2.24, 2.45) is 0 Å². The average Bonchev–Trinajstić information content (AvgIpc) is 2.91. The lowest BCUT2D eigenvalue weighted by atomic mass is 10.1. The average molecular weight is 371 g/mol. The molecule has 0 aliphatic carbocycles. The van der Waals surface area contributed by atoms with Crippen LogP contribution in [0.3, 0.4) is 0 Å². The lowest BCUT2D eigenvalue weighted by Gasteiger charge is -2.22. The van der Waals surface area contributed by atoms with E-state index in [-0.39, 0.29) is 5.91 Å². The number of carbonyl (C=O) groups excluding carboxylic acids is 1. The fourth-order valence-electron chi connectivity index (χ4n) is 3.32. The van der Waals surface area contributed by atoms with Crippen molar-refractivity contribution >= 4 is 28.1 Å². The van der Waals surface area contributed by atoms with Gasteiger partial charge in [-0.25, -0.2) is 0 Å². The summed E-state index contributed by atoms with van der Waals surface area (Å²) >= 11 is 0. The SMILES string of the molecule is C[S@@](=O)Cc1cccc(C(=O)Nc2ccc(N3CCCCCC3)cc2)c1. The van der Waals surface area contributed by atoms with Crippen LogP contribution in [0, 0.1) is 0 Å². The van der Waals surface area contributed by atoms with Gasteiger partial charge in [0.25, 0.3) is 5.91 Å². The fraction of sp³-hybridized carbons (Fsp3) is 0.381. The van der Waals surface area contributed by atoms with Gasteiger partial charge >= 0.3 is 0 Å². The Bertz CT molecular complexity index is 766. The highest BCUT2D eigenvalue weighted by molar-refractivity contribution is 7.83. The molecule has 0 bridgehead atoms. The Balaban J connectivity index is 1.65. The van der Waals surface area contributed by atoms with Crippen molar-refractivity contribution in [3.8, 4) is 0 Å². The van der Waals surface area contributed by atoms with Gasteiger partial charge in [0, 0.05) is 52.8 Å². The molecule has 1 aliphatic heterocycles. The second-order valence-corrected chi connectivity index (χ2v) is 8.26. The molecule has 1 saturated heterocycles. The maximum atomic E-state index is 12.5. The summed E-state index contributed by atoms with van der Waals surface area (Å²) in [4.78, 5) is 14.9. The Morgan fingerprint density at radius 3 is 2.38 bits per heavy atom. The summed E-state index contributed by atoms with van der Waals surface area (Å²) in [5.74, 6) is 0.322. The second-order valence-electron chi connectivity index (χ2n) is 6.82. The zero-order valence-corrected chi connectivity index (χ0v) is 16.1. The smallest absolute Gasteiger partial charge is 0.255 e. The summed E-state index contributed by atoms with van der Waals surface area (Å²) in [6, 6.07) is 15.4. The molecule has 5 heteroatoms. The first-order chi connectivity index (χ1) is 12.6. The zero-order valence-electron chi connectivity index (χ0n) is 15.2. The molecular weight excluding hydrogens is 344 g/mol. The molecule has 26 heavy (non-hydrogen) atoms. The van der Waals surface area contributed by atoms with Gasteiger partial charge < -0.3 is 10.2 Å². The molecule has 1 N–H and O–H groups in total. The number of anilines is 2. The van der Waals surface area contributed by atoms with Crippen LogP contribution >= 0.6 is 0 Å².